The summed E-state index contributed by atoms with van der Waals surface area (Å²) in [5.74, 6) is 0.473. The zero-order valence-corrected chi connectivity index (χ0v) is 17.9. The Balaban J connectivity index is 1.91. The number of anilines is 2. The Bertz CT molecular complexity index is 1130. The molecule has 0 heterocycles. The second-order valence-corrected chi connectivity index (χ2v) is 8.92. The highest BCUT2D eigenvalue weighted by molar-refractivity contribution is 7.92. The number of hydrogen-bond donors (Lipinski definition) is 1. The molecule has 0 bridgehead atoms. The number of sulfonamides is 1. The van der Waals surface area contributed by atoms with Crippen LogP contribution in [0.25, 0.3) is 11.1 Å². The highest BCUT2D eigenvalue weighted by Gasteiger charge is 2.18. The molecule has 3 aromatic rings. The lowest BCUT2D eigenvalue weighted by Crippen LogP contribution is -2.26. The number of rotatable bonds is 7. The maximum absolute atomic E-state index is 12.7. The van der Waals surface area contributed by atoms with Crippen LogP contribution in [-0.2, 0) is 21.2 Å². The van der Waals surface area contributed by atoms with E-state index in [1.807, 2.05) is 48.5 Å². The Morgan fingerprint density at radius 3 is 2.23 bits per heavy atom. The molecular weight excluding hydrogens is 400 g/mol. The first-order valence-electron chi connectivity index (χ1n) is 9.34. The molecule has 3 aromatic carbocycles. The molecule has 156 valence electrons. The average molecular weight is 425 g/mol. The van der Waals surface area contributed by atoms with Gasteiger partial charge in [0.05, 0.1) is 31.2 Å². The molecule has 6 nitrogen and oxygen atoms in total. The Hall–Kier alpha value is -3.32. The Kier molecular flexibility index (Phi) is 6.42. The van der Waals surface area contributed by atoms with Gasteiger partial charge in [-0.15, -0.1) is 0 Å². The van der Waals surface area contributed by atoms with Crippen molar-refractivity contribution < 1.29 is 17.9 Å². The first-order valence-corrected chi connectivity index (χ1v) is 11.2. The van der Waals surface area contributed by atoms with E-state index < -0.39 is 10.0 Å². The lowest BCUT2D eigenvalue weighted by Gasteiger charge is -2.21. The molecule has 0 radical (unpaired) electrons. The minimum Gasteiger partial charge on any atom is -0.497 e. The number of nitrogens with one attached hydrogen (secondary N) is 1. The molecule has 30 heavy (non-hydrogen) atoms. The van der Waals surface area contributed by atoms with Gasteiger partial charge in [0.25, 0.3) is 0 Å². The second-order valence-electron chi connectivity index (χ2n) is 6.90. The monoisotopic (exact) mass is 424 g/mol. The summed E-state index contributed by atoms with van der Waals surface area (Å²) in [6.07, 6.45) is 1.28. The van der Waals surface area contributed by atoms with Crippen LogP contribution in [0, 0.1) is 0 Å². The molecule has 0 unspecified atom stereocenters. The Morgan fingerprint density at radius 1 is 0.967 bits per heavy atom. The normalized spacial score (nSPS) is 11.0. The van der Waals surface area contributed by atoms with E-state index in [9.17, 15) is 13.2 Å². The topological polar surface area (TPSA) is 75.7 Å². The lowest BCUT2D eigenvalue weighted by atomic mass is 10.0. The second kappa shape index (κ2) is 9.00. The van der Waals surface area contributed by atoms with Gasteiger partial charge in [0.1, 0.15) is 5.75 Å². The van der Waals surface area contributed by atoms with E-state index in [0.29, 0.717) is 17.1 Å². The minimum absolute atomic E-state index is 0.154. The Labute approximate surface area is 177 Å². The summed E-state index contributed by atoms with van der Waals surface area (Å²) >= 11 is 0. The van der Waals surface area contributed by atoms with E-state index in [1.54, 1.807) is 31.4 Å². The summed E-state index contributed by atoms with van der Waals surface area (Å²) in [4.78, 5) is 12.7. The van der Waals surface area contributed by atoms with Crippen molar-refractivity contribution in [3.05, 3.63) is 78.4 Å². The summed E-state index contributed by atoms with van der Waals surface area (Å²) in [6, 6.07) is 22.2. The summed E-state index contributed by atoms with van der Waals surface area (Å²) in [5.41, 5.74) is 3.51. The van der Waals surface area contributed by atoms with Gasteiger partial charge in [-0.1, -0.05) is 48.5 Å². The zero-order chi connectivity index (χ0) is 21.7. The molecule has 0 atom stereocenters. The van der Waals surface area contributed by atoms with Gasteiger partial charge in [-0.3, -0.25) is 9.10 Å². The zero-order valence-electron chi connectivity index (χ0n) is 17.1. The lowest BCUT2D eigenvalue weighted by molar-refractivity contribution is -0.115. The van der Waals surface area contributed by atoms with Crippen LogP contribution >= 0.6 is 0 Å². The molecule has 1 N–H and O–H groups in total. The first kappa shape index (κ1) is 21.4. The summed E-state index contributed by atoms with van der Waals surface area (Å²) in [7, 11) is -0.441. The minimum atomic E-state index is -3.49. The fourth-order valence-electron chi connectivity index (χ4n) is 3.02. The molecule has 0 aromatic heterocycles. The number of methoxy groups -OCH3 is 1. The summed E-state index contributed by atoms with van der Waals surface area (Å²) < 4.78 is 30.4. The van der Waals surface area contributed by atoms with Crippen LogP contribution in [0.2, 0.25) is 0 Å². The highest BCUT2D eigenvalue weighted by atomic mass is 32.2. The molecule has 7 heteroatoms. The van der Waals surface area contributed by atoms with Crippen LogP contribution in [0.5, 0.6) is 5.75 Å². The van der Waals surface area contributed by atoms with Crippen molar-refractivity contribution in [3.63, 3.8) is 0 Å². The predicted molar refractivity (Wildman–Crippen MR) is 120 cm³/mol. The molecule has 0 aliphatic carbocycles. The maximum Gasteiger partial charge on any atom is 0.232 e. The molecule has 0 saturated carbocycles. The number of carbonyl (C=O) groups excluding carboxylic acids is 1. The van der Waals surface area contributed by atoms with Crippen molar-refractivity contribution in [1.29, 1.82) is 0 Å². The SMILES string of the molecule is COc1ccc(CC(=O)Nc2cc(-c3ccccc3)ccc2N(C)S(C)(=O)=O)cc1. The van der Waals surface area contributed by atoms with Gasteiger partial charge >= 0.3 is 0 Å². The van der Waals surface area contributed by atoms with E-state index in [4.69, 9.17) is 4.74 Å². The van der Waals surface area contributed by atoms with Gasteiger partial charge in [-0.25, -0.2) is 8.42 Å². The smallest absolute Gasteiger partial charge is 0.232 e. The van der Waals surface area contributed by atoms with Crippen molar-refractivity contribution >= 4 is 27.3 Å². The number of carbonyl (C=O) groups is 1. The molecule has 0 saturated heterocycles. The van der Waals surface area contributed by atoms with Gasteiger partial charge in [0, 0.05) is 7.05 Å². The highest BCUT2D eigenvalue weighted by Crippen LogP contribution is 2.32. The average Bonchev–Trinajstić information content (AvgIpc) is 2.73. The van der Waals surface area contributed by atoms with Crippen LogP contribution in [0.1, 0.15) is 5.56 Å². The van der Waals surface area contributed by atoms with Gasteiger partial charge < -0.3 is 10.1 Å². The van der Waals surface area contributed by atoms with E-state index in [2.05, 4.69) is 5.32 Å². The van der Waals surface area contributed by atoms with Gasteiger partial charge in [-0.05, 0) is 41.0 Å². The Morgan fingerprint density at radius 2 is 1.63 bits per heavy atom. The molecule has 0 fully saturated rings. The summed E-state index contributed by atoms with van der Waals surface area (Å²) in [6.45, 7) is 0. The quantitative estimate of drug-likeness (QED) is 0.623. The van der Waals surface area contributed by atoms with Crippen LogP contribution in [0.15, 0.2) is 72.8 Å². The van der Waals surface area contributed by atoms with Crippen LogP contribution < -0.4 is 14.4 Å². The van der Waals surface area contributed by atoms with Crippen LogP contribution in [0.4, 0.5) is 11.4 Å². The van der Waals surface area contributed by atoms with Gasteiger partial charge in [-0.2, -0.15) is 0 Å². The van der Waals surface area contributed by atoms with Crippen molar-refractivity contribution in [3.8, 4) is 16.9 Å². The van der Waals surface area contributed by atoms with Crippen molar-refractivity contribution in [2.45, 2.75) is 6.42 Å². The third kappa shape index (κ3) is 5.18. The number of hydrogen-bond acceptors (Lipinski definition) is 4. The largest absolute Gasteiger partial charge is 0.497 e. The molecule has 0 spiro atoms. The van der Waals surface area contributed by atoms with Gasteiger partial charge in [0.2, 0.25) is 15.9 Å². The van der Waals surface area contributed by atoms with Crippen molar-refractivity contribution in [2.75, 3.05) is 30.0 Å². The van der Waals surface area contributed by atoms with Gasteiger partial charge in [0.15, 0.2) is 0 Å². The first-order chi connectivity index (χ1) is 14.3. The van der Waals surface area contributed by atoms with Crippen molar-refractivity contribution in [1.82, 2.24) is 0 Å². The number of amides is 1. The van der Waals surface area contributed by atoms with E-state index in [0.717, 1.165) is 27.3 Å². The van der Waals surface area contributed by atoms with Crippen molar-refractivity contribution in [2.24, 2.45) is 0 Å². The summed E-state index contributed by atoms with van der Waals surface area (Å²) in [5, 5.41) is 2.87. The van der Waals surface area contributed by atoms with E-state index in [-0.39, 0.29) is 12.3 Å². The van der Waals surface area contributed by atoms with E-state index in [1.165, 1.54) is 7.05 Å². The third-order valence-corrected chi connectivity index (χ3v) is 5.93. The molecule has 0 aliphatic rings. The standard InChI is InChI=1S/C23H24N2O4S/c1-25(30(3,27)28)22-14-11-19(18-7-5-4-6-8-18)16-21(22)24-23(26)15-17-9-12-20(29-2)13-10-17/h4-14,16H,15H2,1-3H3,(H,24,26). The van der Waals surface area contributed by atoms with Crippen LogP contribution in [-0.4, -0.2) is 34.7 Å². The predicted octanol–water partition coefficient (Wildman–Crippen LogP) is 3.94. The van der Waals surface area contributed by atoms with Crippen LogP contribution in [0.3, 0.4) is 0 Å². The third-order valence-electron chi connectivity index (χ3n) is 4.74. The van der Waals surface area contributed by atoms with E-state index >= 15 is 0 Å². The number of ether oxygens (including phenoxy) is 1. The molecule has 1 amide bonds. The number of nitrogens with zero attached hydrogens (tertiary/aromatic N) is 1. The molecule has 3 rings (SSSR count). The molecule has 0 aliphatic heterocycles. The molecular formula is C23H24N2O4S. The number of benzene rings is 3. The maximum atomic E-state index is 12.7. The fraction of sp³-hybridized carbons (Fsp3) is 0.174. The fourth-order valence-corrected chi connectivity index (χ4v) is 3.54.